The molecular weight excluding hydrogens is 332 g/mol. The van der Waals surface area contributed by atoms with Crippen LogP contribution in [0.3, 0.4) is 0 Å². The third-order valence-electron chi connectivity index (χ3n) is 4.01. The zero-order valence-electron chi connectivity index (χ0n) is 14.2. The quantitative estimate of drug-likeness (QED) is 0.653. The van der Waals surface area contributed by atoms with Crippen LogP contribution in [0.25, 0.3) is 10.9 Å². The molecule has 0 radical (unpaired) electrons. The molecule has 0 saturated carbocycles. The van der Waals surface area contributed by atoms with Crippen molar-refractivity contribution in [1.82, 2.24) is 9.88 Å². The zero-order chi connectivity index (χ0) is 18.4. The van der Waals surface area contributed by atoms with E-state index in [-0.39, 0.29) is 18.9 Å². The van der Waals surface area contributed by atoms with E-state index in [4.69, 9.17) is 9.84 Å². The second kappa shape index (κ2) is 8.20. The van der Waals surface area contributed by atoms with Gasteiger partial charge in [-0.2, -0.15) is 0 Å². The number of fused-ring (bicyclic) bond motifs is 1. The molecule has 0 atom stereocenters. The Balaban J connectivity index is 1.60. The van der Waals surface area contributed by atoms with Crippen molar-refractivity contribution in [2.45, 2.75) is 19.6 Å². The Kier molecular flexibility index (Phi) is 5.53. The van der Waals surface area contributed by atoms with Gasteiger partial charge in [0, 0.05) is 30.1 Å². The molecule has 3 rings (SSSR count). The number of ether oxygens (including phenoxy) is 1. The Labute approximate surface area is 151 Å². The molecule has 1 amide bonds. The van der Waals surface area contributed by atoms with Crippen molar-refractivity contribution in [2.24, 2.45) is 0 Å². The van der Waals surface area contributed by atoms with Gasteiger partial charge in [0.15, 0.2) is 0 Å². The van der Waals surface area contributed by atoms with Crippen molar-refractivity contribution in [1.29, 1.82) is 0 Å². The Morgan fingerprint density at radius 1 is 1.08 bits per heavy atom. The summed E-state index contributed by atoms with van der Waals surface area (Å²) < 4.78 is 7.80. The number of benzene rings is 2. The standard InChI is InChI=1S/C20H20N2O4/c23-19(21-13-20(24)25)9-11-22-10-8-16-12-17(6-7-18(16)22)26-14-15-4-2-1-3-5-15/h1-8,10,12H,9,11,13-14H2,(H,21,23)(H,24,25). The van der Waals surface area contributed by atoms with E-state index in [1.54, 1.807) is 0 Å². The lowest BCUT2D eigenvalue weighted by molar-refractivity contribution is -0.137. The molecule has 6 nitrogen and oxygen atoms in total. The molecule has 0 aliphatic rings. The summed E-state index contributed by atoms with van der Waals surface area (Å²) in [6.45, 7) is 0.642. The second-order valence-electron chi connectivity index (χ2n) is 5.92. The van der Waals surface area contributed by atoms with Gasteiger partial charge in [-0.15, -0.1) is 0 Å². The predicted octanol–water partition coefficient (Wildman–Crippen LogP) is 2.81. The van der Waals surface area contributed by atoms with Crippen molar-refractivity contribution in [3.05, 3.63) is 66.4 Å². The Hall–Kier alpha value is -3.28. The summed E-state index contributed by atoms with van der Waals surface area (Å²) in [6, 6.07) is 17.8. The molecule has 0 fully saturated rings. The van der Waals surface area contributed by atoms with Gasteiger partial charge in [0.2, 0.25) is 5.91 Å². The highest BCUT2D eigenvalue weighted by Gasteiger charge is 2.07. The Morgan fingerprint density at radius 3 is 2.65 bits per heavy atom. The van der Waals surface area contributed by atoms with Crippen molar-refractivity contribution in [3.8, 4) is 5.75 Å². The number of carbonyl (C=O) groups excluding carboxylic acids is 1. The average Bonchev–Trinajstić information content (AvgIpc) is 3.06. The van der Waals surface area contributed by atoms with Gasteiger partial charge in [-0.25, -0.2) is 0 Å². The smallest absolute Gasteiger partial charge is 0.322 e. The molecule has 2 N–H and O–H groups in total. The molecule has 0 unspecified atom stereocenters. The minimum Gasteiger partial charge on any atom is -0.489 e. The van der Waals surface area contributed by atoms with Crippen LogP contribution in [-0.2, 0) is 22.7 Å². The molecule has 0 saturated heterocycles. The van der Waals surface area contributed by atoms with Crippen molar-refractivity contribution in [3.63, 3.8) is 0 Å². The average molecular weight is 352 g/mol. The monoisotopic (exact) mass is 352 g/mol. The van der Waals surface area contributed by atoms with Crippen LogP contribution in [0.5, 0.6) is 5.75 Å². The number of hydrogen-bond acceptors (Lipinski definition) is 3. The first-order valence-electron chi connectivity index (χ1n) is 8.36. The molecule has 0 spiro atoms. The van der Waals surface area contributed by atoms with E-state index in [0.717, 1.165) is 22.2 Å². The summed E-state index contributed by atoms with van der Waals surface area (Å²) in [5.41, 5.74) is 2.11. The van der Waals surface area contributed by atoms with Gasteiger partial charge in [0.25, 0.3) is 0 Å². The minimum absolute atomic E-state index is 0.226. The van der Waals surface area contributed by atoms with E-state index >= 15 is 0 Å². The maximum Gasteiger partial charge on any atom is 0.322 e. The first kappa shape index (κ1) is 17.5. The molecule has 0 bridgehead atoms. The van der Waals surface area contributed by atoms with E-state index in [2.05, 4.69) is 5.32 Å². The number of aliphatic carboxylic acids is 1. The van der Waals surface area contributed by atoms with Gasteiger partial charge in [0.1, 0.15) is 18.9 Å². The lowest BCUT2D eigenvalue weighted by Crippen LogP contribution is -2.29. The number of carboxylic acids is 1. The highest BCUT2D eigenvalue weighted by Crippen LogP contribution is 2.23. The van der Waals surface area contributed by atoms with Gasteiger partial charge in [-0.3, -0.25) is 9.59 Å². The molecule has 1 heterocycles. The van der Waals surface area contributed by atoms with E-state index in [0.29, 0.717) is 13.2 Å². The van der Waals surface area contributed by atoms with Crippen LogP contribution in [0.1, 0.15) is 12.0 Å². The molecular formula is C20H20N2O4. The normalized spacial score (nSPS) is 10.6. The van der Waals surface area contributed by atoms with Gasteiger partial charge < -0.3 is 19.7 Å². The largest absolute Gasteiger partial charge is 0.489 e. The number of carboxylic acid groups (broad SMARTS) is 1. The van der Waals surface area contributed by atoms with Crippen molar-refractivity contribution in [2.75, 3.05) is 6.54 Å². The van der Waals surface area contributed by atoms with Gasteiger partial charge in [0.05, 0.1) is 0 Å². The highest BCUT2D eigenvalue weighted by atomic mass is 16.5. The molecule has 0 aliphatic carbocycles. The lowest BCUT2D eigenvalue weighted by atomic mass is 10.2. The fourth-order valence-electron chi connectivity index (χ4n) is 2.69. The van der Waals surface area contributed by atoms with Gasteiger partial charge in [-0.1, -0.05) is 30.3 Å². The van der Waals surface area contributed by atoms with E-state index in [1.807, 2.05) is 65.4 Å². The zero-order valence-corrected chi connectivity index (χ0v) is 14.2. The fraction of sp³-hybridized carbons (Fsp3) is 0.200. The topological polar surface area (TPSA) is 80.6 Å². The summed E-state index contributed by atoms with van der Waals surface area (Å²) >= 11 is 0. The van der Waals surface area contributed by atoms with Gasteiger partial charge in [-0.05, 0) is 29.8 Å². The number of aromatic nitrogens is 1. The maximum absolute atomic E-state index is 11.6. The number of carbonyl (C=O) groups is 2. The number of aryl methyl sites for hydroxylation is 1. The van der Waals surface area contributed by atoms with Gasteiger partial charge >= 0.3 is 5.97 Å². The van der Waals surface area contributed by atoms with E-state index in [1.165, 1.54) is 0 Å². The maximum atomic E-state index is 11.6. The Morgan fingerprint density at radius 2 is 1.88 bits per heavy atom. The fourth-order valence-corrected chi connectivity index (χ4v) is 2.69. The van der Waals surface area contributed by atoms with Crippen molar-refractivity contribution < 1.29 is 19.4 Å². The Bertz CT molecular complexity index is 903. The summed E-state index contributed by atoms with van der Waals surface area (Å²) in [5, 5.41) is 12.0. The molecule has 1 aromatic heterocycles. The number of hydrogen-bond donors (Lipinski definition) is 2. The van der Waals surface area contributed by atoms with Crippen LogP contribution in [0.15, 0.2) is 60.8 Å². The highest BCUT2D eigenvalue weighted by molar-refractivity contribution is 5.83. The summed E-state index contributed by atoms with van der Waals surface area (Å²) in [7, 11) is 0. The van der Waals surface area contributed by atoms with Crippen LogP contribution in [-0.4, -0.2) is 28.1 Å². The first-order valence-corrected chi connectivity index (χ1v) is 8.36. The lowest BCUT2D eigenvalue weighted by Gasteiger charge is -2.08. The molecule has 26 heavy (non-hydrogen) atoms. The van der Waals surface area contributed by atoms with Crippen LogP contribution >= 0.6 is 0 Å². The minimum atomic E-state index is -1.05. The van der Waals surface area contributed by atoms with E-state index in [9.17, 15) is 9.59 Å². The SMILES string of the molecule is O=C(O)CNC(=O)CCn1ccc2cc(OCc3ccccc3)ccc21. The van der Waals surface area contributed by atoms with Crippen LogP contribution in [0.4, 0.5) is 0 Å². The summed E-state index contributed by atoms with van der Waals surface area (Å²) in [4.78, 5) is 22.1. The third kappa shape index (κ3) is 4.63. The summed E-state index contributed by atoms with van der Waals surface area (Å²) in [5.74, 6) is -0.539. The number of amides is 1. The number of nitrogens with one attached hydrogen (secondary N) is 1. The summed E-state index contributed by atoms with van der Waals surface area (Å²) in [6.07, 6.45) is 2.14. The van der Waals surface area contributed by atoms with Crippen LogP contribution in [0, 0.1) is 0 Å². The molecule has 3 aromatic rings. The third-order valence-corrected chi connectivity index (χ3v) is 4.01. The molecule has 2 aromatic carbocycles. The molecule has 0 aliphatic heterocycles. The first-order chi connectivity index (χ1) is 12.6. The molecule has 134 valence electrons. The van der Waals surface area contributed by atoms with Crippen LogP contribution in [0.2, 0.25) is 0 Å². The number of nitrogens with zero attached hydrogens (tertiary/aromatic N) is 1. The predicted molar refractivity (Wildman–Crippen MR) is 98.0 cm³/mol. The van der Waals surface area contributed by atoms with Crippen molar-refractivity contribution >= 4 is 22.8 Å². The number of rotatable bonds is 8. The second-order valence-corrected chi connectivity index (χ2v) is 5.92. The molecule has 6 heteroatoms. The van der Waals surface area contributed by atoms with Crippen LogP contribution < -0.4 is 10.1 Å². The van der Waals surface area contributed by atoms with E-state index < -0.39 is 5.97 Å².